The molecule has 9 heteroatoms. The molecule has 1 aliphatic rings. The second-order valence-electron chi connectivity index (χ2n) is 5.82. The van der Waals surface area contributed by atoms with Crippen molar-refractivity contribution in [2.45, 2.75) is 38.6 Å². The lowest BCUT2D eigenvalue weighted by atomic mass is 9.83. The lowest BCUT2D eigenvalue weighted by Crippen LogP contribution is -2.61. The minimum absolute atomic E-state index is 0.0792. The van der Waals surface area contributed by atoms with Gasteiger partial charge in [0, 0.05) is 18.6 Å². The van der Waals surface area contributed by atoms with E-state index in [0.717, 1.165) is 0 Å². The fourth-order valence-corrected chi connectivity index (χ4v) is 2.57. The molecular weight excluding hydrogens is 335 g/mol. The van der Waals surface area contributed by atoms with Gasteiger partial charge in [-0.05, 0) is 24.6 Å². The predicted octanol–water partition coefficient (Wildman–Crippen LogP) is 1.46. The van der Waals surface area contributed by atoms with Crippen LogP contribution in [0.15, 0.2) is 24.3 Å². The van der Waals surface area contributed by atoms with Gasteiger partial charge in [0.15, 0.2) is 0 Å². The van der Waals surface area contributed by atoms with Crippen LogP contribution in [0.5, 0.6) is 0 Å². The minimum Gasteiger partial charge on any atom is -0.460 e. The van der Waals surface area contributed by atoms with Gasteiger partial charge in [-0.15, -0.1) is 0 Å². The molecule has 0 spiro atoms. The van der Waals surface area contributed by atoms with Crippen LogP contribution in [0.1, 0.15) is 25.3 Å². The van der Waals surface area contributed by atoms with E-state index >= 15 is 0 Å². The third-order valence-electron chi connectivity index (χ3n) is 3.89. The molecule has 3 atom stereocenters. The highest BCUT2D eigenvalue weighted by Crippen LogP contribution is 2.24. The van der Waals surface area contributed by atoms with Crippen molar-refractivity contribution in [2.75, 3.05) is 0 Å². The van der Waals surface area contributed by atoms with Gasteiger partial charge >= 0.3 is 5.97 Å². The number of alkyl halides is 1. The predicted molar refractivity (Wildman–Crippen MR) is 83.1 cm³/mol. The first kappa shape index (κ1) is 18.5. The van der Waals surface area contributed by atoms with Crippen LogP contribution in [0.3, 0.4) is 0 Å². The summed E-state index contributed by atoms with van der Waals surface area (Å²) in [5, 5.41) is 13.0. The second kappa shape index (κ2) is 7.82. The highest BCUT2D eigenvalue weighted by molar-refractivity contribution is 5.97. The van der Waals surface area contributed by atoms with Crippen molar-refractivity contribution in [2.24, 2.45) is 5.92 Å². The Hall–Kier alpha value is -2.84. The largest absolute Gasteiger partial charge is 0.460 e. The molecule has 1 aromatic carbocycles. The molecule has 134 valence electrons. The van der Waals surface area contributed by atoms with Gasteiger partial charge in [-0.3, -0.25) is 24.5 Å². The van der Waals surface area contributed by atoms with Gasteiger partial charge in [-0.1, -0.05) is 0 Å². The third-order valence-corrected chi connectivity index (χ3v) is 3.89. The summed E-state index contributed by atoms with van der Waals surface area (Å²) in [7, 11) is 0. The van der Waals surface area contributed by atoms with E-state index in [9.17, 15) is 28.9 Å². The number of nitrogens with zero attached hydrogens (tertiary/aromatic N) is 1. The number of ketones is 1. The van der Waals surface area contributed by atoms with Crippen molar-refractivity contribution in [3.63, 3.8) is 0 Å². The number of Topliss-reactive ketones (excluding diaryl/α,β-unsaturated/α-hetero) is 1. The Bertz CT molecular complexity index is 688. The molecule has 0 aliphatic carbocycles. The first-order valence-electron chi connectivity index (χ1n) is 7.63. The summed E-state index contributed by atoms with van der Waals surface area (Å²) < 4.78 is 18.2. The number of carbonyl (C=O) groups excluding carboxylic acids is 3. The third kappa shape index (κ3) is 4.82. The fraction of sp³-hybridized carbons (Fsp3) is 0.438. The molecule has 25 heavy (non-hydrogen) atoms. The number of nitro benzene ring substituents is 1. The highest BCUT2D eigenvalue weighted by atomic mass is 19.1. The number of nitrogens with one attached hydrogen (secondary N) is 1. The lowest BCUT2D eigenvalue weighted by molar-refractivity contribution is -0.384. The fourth-order valence-electron chi connectivity index (χ4n) is 2.57. The van der Waals surface area contributed by atoms with Crippen LogP contribution in [0.4, 0.5) is 10.1 Å². The zero-order valence-electron chi connectivity index (χ0n) is 13.4. The molecule has 2 rings (SSSR count). The van der Waals surface area contributed by atoms with Crippen molar-refractivity contribution in [1.82, 2.24) is 5.32 Å². The average Bonchev–Trinajstić information content (AvgIpc) is 2.51. The Morgan fingerprint density at radius 2 is 2.00 bits per heavy atom. The molecule has 1 amide bonds. The van der Waals surface area contributed by atoms with Crippen molar-refractivity contribution in [3.05, 3.63) is 39.9 Å². The van der Waals surface area contributed by atoms with Gasteiger partial charge in [0.05, 0.1) is 16.9 Å². The zero-order valence-corrected chi connectivity index (χ0v) is 13.4. The highest BCUT2D eigenvalue weighted by Gasteiger charge is 2.44. The molecule has 0 saturated carbocycles. The number of amides is 1. The Morgan fingerprint density at radius 3 is 2.52 bits per heavy atom. The van der Waals surface area contributed by atoms with Crippen molar-refractivity contribution >= 4 is 23.3 Å². The Morgan fingerprint density at radius 1 is 1.36 bits per heavy atom. The molecule has 1 heterocycles. The van der Waals surface area contributed by atoms with Crippen LogP contribution >= 0.6 is 0 Å². The zero-order chi connectivity index (χ0) is 18.6. The second-order valence-corrected chi connectivity index (χ2v) is 5.82. The summed E-state index contributed by atoms with van der Waals surface area (Å²) in [4.78, 5) is 44.7. The number of nitro groups is 1. The summed E-state index contributed by atoms with van der Waals surface area (Å²) in [5.41, 5.74) is 0.466. The SMILES string of the molecule is C[C@H](F)[C@H]1C(=O)N[C@@H]1CC(=O)CC(=O)OCc1ccc([N+](=O)[O-])cc1. The van der Waals surface area contributed by atoms with E-state index in [1.54, 1.807) is 0 Å². The monoisotopic (exact) mass is 352 g/mol. The number of carbonyl (C=O) groups is 3. The number of hydrogen-bond acceptors (Lipinski definition) is 6. The van der Waals surface area contributed by atoms with Gasteiger partial charge in [-0.25, -0.2) is 4.39 Å². The van der Waals surface area contributed by atoms with Crippen LogP contribution in [0.2, 0.25) is 0 Å². The molecule has 0 unspecified atom stereocenters. The lowest BCUT2D eigenvalue weighted by Gasteiger charge is -2.37. The summed E-state index contributed by atoms with van der Waals surface area (Å²) in [6.45, 7) is 1.13. The van der Waals surface area contributed by atoms with E-state index in [2.05, 4.69) is 5.32 Å². The summed E-state index contributed by atoms with van der Waals surface area (Å²) >= 11 is 0. The number of ether oxygens (including phenoxy) is 1. The Kier molecular flexibility index (Phi) is 5.79. The quantitative estimate of drug-likeness (QED) is 0.249. The molecule has 1 saturated heterocycles. The molecule has 1 aromatic rings. The van der Waals surface area contributed by atoms with Gasteiger partial charge in [0.25, 0.3) is 5.69 Å². The van der Waals surface area contributed by atoms with Crippen LogP contribution in [0, 0.1) is 16.0 Å². The van der Waals surface area contributed by atoms with E-state index in [-0.39, 0.29) is 18.7 Å². The molecule has 8 nitrogen and oxygen atoms in total. The topological polar surface area (TPSA) is 116 Å². The van der Waals surface area contributed by atoms with Crippen LogP contribution in [-0.4, -0.2) is 34.8 Å². The van der Waals surface area contributed by atoms with Gasteiger partial charge in [-0.2, -0.15) is 0 Å². The first-order valence-corrected chi connectivity index (χ1v) is 7.63. The number of halogens is 1. The van der Waals surface area contributed by atoms with E-state index in [1.165, 1.54) is 31.2 Å². The minimum atomic E-state index is -1.36. The number of benzene rings is 1. The van der Waals surface area contributed by atoms with E-state index in [1.807, 2.05) is 0 Å². The summed E-state index contributed by atoms with van der Waals surface area (Å²) in [6, 6.07) is 4.87. The first-order chi connectivity index (χ1) is 11.8. The van der Waals surface area contributed by atoms with Gasteiger partial charge in [0.2, 0.25) is 5.91 Å². The Balaban J connectivity index is 1.75. The van der Waals surface area contributed by atoms with E-state index in [4.69, 9.17) is 4.74 Å². The molecule has 1 N–H and O–H groups in total. The van der Waals surface area contributed by atoms with Crippen molar-refractivity contribution in [3.8, 4) is 0 Å². The van der Waals surface area contributed by atoms with Gasteiger partial charge in [0.1, 0.15) is 25.0 Å². The number of esters is 1. The van der Waals surface area contributed by atoms with Crippen LogP contribution in [-0.2, 0) is 25.7 Å². The normalized spacial score (nSPS) is 20.2. The average molecular weight is 352 g/mol. The number of rotatable bonds is 8. The number of non-ortho nitro benzene ring substituents is 1. The smallest absolute Gasteiger partial charge is 0.313 e. The molecule has 1 fully saturated rings. The number of hydrogen-bond donors (Lipinski definition) is 1. The molecule has 0 bridgehead atoms. The standard InChI is InChI=1S/C16H17FN2O6/c1-9(17)15-13(18-16(15)22)6-12(20)7-14(21)25-8-10-2-4-11(5-3-10)19(23)24/h2-5,9,13,15H,6-8H2,1H3,(H,18,22)/t9-,13+,15+/m0/s1. The van der Waals surface area contributed by atoms with E-state index in [0.29, 0.717) is 5.56 Å². The number of β-lactam (4-membered cyclic amide) rings is 1. The van der Waals surface area contributed by atoms with Crippen LogP contribution in [0.25, 0.3) is 0 Å². The van der Waals surface area contributed by atoms with Crippen LogP contribution < -0.4 is 5.32 Å². The maximum atomic E-state index is 13.2. The molecule has 1 aliphatic heterocycles. The van der Waals surface area contributed by atoms with Gasteiger partial charge < -0.3 is 10.1 Å². The van der Waals surface area contributed by atoms with E-state index < -0.39 is 47.1 Å². The molecule has 0 aromatic heterocycles. The summed E-state index contributed by atoms with van der Waals surface area (Å²) in [5.74, 6) is -2.50. The maximum Gasteiger partial charge on any atom is 0.313 e. The summed E-state index contributed by atoms with van der Waals surface area (Å²) in [6.07, 6.45) is -1.97. The Labute approximate surface area is 142 Å². The maximum absolute atomic E-state index is 13.2. The molecular formula is C16H17FN2O6. The van der Waals surface area contributed by atoms with Crippen molar-refractivity contribution < 1.29 is 28.4 Å². The molecule has 0 radical (unpaired) electrons. The van der Waals surface area contributed by atoms with Crippen molar-refractivity contribution in [1.29, 1.82) is 0 Å².